The molecule has 3 amide bonds. The smallest absolute Gasteiger partial charge is 0.319 e. The standard InChI is InChI=1S/C14H20N4O2/c1-11-3-2-4-12(9-11)17-14(20)16-10-13(19)18-7-5-15-6-8-18/h2-4,9,15H,5-8,10H2,1H3,(H2,16,17,20). The van der Waals surface area contributed by atoms with Gasteiger partial charge in [-0.1, -0.05) is 12.1 Å². The number of anilines is 1. The van der Waals surface area contributed by atoms with E-state index in [9.17, 15) is 9.59 Å². The summed E-state index contributed by atoms with van der Waals surface area (Å²) in [6, 6.07) is 7.15. The van der Waals surface area contributed by atoms with Crippen LogP contribution < -0.4 is 16.0 Å². The number of nitrogens with zero attached hydrogens (tertiary/aromatic N) is 1. The van der Waals surface area contributed by atoms with Crippen molar-refractivity contribution in [3.05, 3.63) is 29.8 Å². The first-order chi connectivity index (χ1) is 9.65. The average molecular weight is 276 g/mol. The minimum atomic E-state index is -0.362. The van der Waals surface area contributed by atoms with Gasteiger partial charge >= 0.3 is 6.03 Å². The number of urea groups is 1. The van der Waals surface area contributed by atoms with Crippen LogP contribution in [0, 0.1) is 6.92 Å². The zero-order chi connectivity index (χ0) is 14.4. The van der Waals surface area contributed by atoms with E-state index < -0.39 is 0 Å². The second kappa shape index (κ2) is 6.91. The van der Waals surface area contributed by atoms with Crippen molar-refractivity contribution in [2.24, 2.45) is 0 Å². The minimum Gasteiger partial charge on any atom is -0.339 e. The fourth-order valence-corrected chi connectivity index (χ4v) is 2.08. The van der Waals surface area contributed by atoms with Gasteiger partial charge in [0, 0.05) is 31.9 Å². The van der Waals surface area contributed by atoms with Crippen LogP contribution in [0.15, 0.2) is 24.3 Å². The molecule has 3 N–H and O–H groups in total. The highest BCUT2D eigenvalue weighted by Crippen LogP contribution is 2.08. The van der Waals surface area contributed by atoms with Gasteiger partial charge in [0.25, 0.3) is 0 Å². The van der Waals surface area contributed by atoms with E-state index in [-0.39, 0.29) is 18.5 Å². The van der Waals surface area contributed by atoms with E-state index >= 15 is 0 Å². The molecule has 1 aliphatic heterocycles. The Balaban J connectivity index is 1.75. The molecule has 1 saturated heterocycles. The zero-order valence-electron chi connectivity index (χ0n) is 11.6. The third-order valence-electron chi connectivity index (χ3n) is 3.15. The average Bonchev–Trinajstić information content (AvgIpc) is 2.46. The van der Waals surface area contributed by atoms with Crippen LogP contribution in [-0.2, 0) is 4.79 Å². The second-order valence-electron chi connectivity index (χ2n) is 4.81. The number of aryl methyl sites for hydroxylation is 1. The largest absolute Gasteiger partial charge is 0.339 e. The Morgan fingerprint density at radius 3 is 2.75 bits per heavy atom. The topological polar surface area (TPSA) is 73.5 Å². The lowest BCUT2D eigenvalue weighted by Gasteiger charge is -2.27. The molecule has 1 aromatic rings. The van der Waals surface area contributed by atoms with E-state index in [1.54, 1.807) is 4.90 Å². The summed E-state index contributed by atoms with van der Waals surface area (Å²) in [6.07, 6.45) is 0. The van der Waals surface area contributed by atoms with Gasteiger partial charge in [0.1, 0.15) is 0 Å². The molecule has 108 valence electrons. The van der Waals surface area contributed by atoms with Crippen LogP contribution >= 0.6 is 0 Å². The van der Waals surface area contributed by atoms with Gasteiger partial charge in [-0.2, -0.15) is 0 Å². The number of carbonyl (C=O) groups is 2. The fourth-order valence-electron chi connectivity index (χ4n) is 2.08. The maximum Gasteiger partial charge on any atom is 0.319 e. The van der Waals surface area contributed by atoms with Crippen molar-refractivity contribution in [1.82, 2.24) is 15.5 Å². The molecule has 1 aromatic carbocycles. The molecule has 0 saturated carbocycles. The van der Waals surface area contributed by atoms with Crippen molar-refractivity contribution in [1.29, 1.82) is 0 Å². The SMILES string of the molecule is Cc1cccc(NC(=O)NCC(=O)N2CCNCC2)c1. The van der Waals surface area contributed by atoms with E-state index in [2.05, 4.69) is 16.0 Å². The number of hydrogen-bond donors (Lipinski definition) is 3. The summed E-state index contributed by atoms with van der Waals surface area (Å²) in [5, 5.41) is 8.47. The Morgan fingerprint density at radius 2 is 2.05 bits per heavy atom. The lowest BCUT2D eigenvalue weighted by atomic mass is 10.2. The molecule has 1 fully saturated rings. The molecular formula is C14H20N4O2. The van der Waals surface area contributed by atoms with E-state index in [1.165, 1.54) is 0 Å². The fraction of sp³-hybridized carbons (Fsp3) is 0.429. The molecule has 0 aliphatic carbocycles. The summed E-state index contributed by atoms with van der Waals surface area (Å²) in [4.78, 5) is 25.3. The van der Waals surface area contributed by atoms with Crippen LogP contribution in [0.4, 0.5) is 10.5 Å². The summed E-state index contributed by atoms with van der Waals surface area (Å²) in [7, 11) is 0. The summed E-state index contributed by atoms with van der Waals surface area (Å²) in [5.74, 6) is -0.0501. The molecule has 6 heteroatoms. The summed E-state index contributed by atoms with van der Waals surface area (Å²) in [5.41, 5.74) is 1.79. The molecule has 1 aliphatic rings. The van der Waals surface area contributed by atoms with Crippen molar-refractivity contribution < 1.29 is 9.59 Å². The maximum atomic E-state index is 11.9. The first kappa shape index (κ1) is 14.3. The third-order valence-corrected chi connectivity index (χ3v) is 3.15. The molecule has 2 rings (SSSR count). The molecule has 0 spiro atoms. The van der Waals surface area contributed by atoms with E-state index in [0.29, 0.717) is 13.1 Å². The molecular weight excluding hydrogens is 256 g/mol. The Labute approximate surface area is 118 Å². The Bertz CT molecular complexity index is 484. The number of carbonyl (C=O) groups excluding carboxylic acids is 2. The Hall–Kier alpha value is -2.08. The summed E-state index contributed by atoms with van der Waals surface area (Å²) >= 11 is 0. The van der Waals surface area contributed by atoms with Crippen LogP contribution in [0.25, 0.3) is 0 Å². The van der Waals surface area contributed by atoms with Crippen LogP contribution in [0.3, 0.4) is 0 Å². The van der Waals surface area contributed by atoms with Gasteiger partial charge in [0.2, 0.25) is 5.91 Å². The zero-order valence-corrected chi connectivity index (χ0v) is 11.6. The first-order valence-electron chi connectivity index (χ1n) is 6.75. The molecule has 1 heterocycles. The van der Waals surface area contributed by atoms with Gasteiger partial charge < -0.3 is 20.9 Å². The van der Waals surface area contributed by atoms with Crippen molar-refractivity contribution >= 4 is 17.6 Å². The van der Waals surface area contributed by atoms with Crippen LogP contribution in [-0.4, -0.2) is 49.6 Å². The van der Waals surface area contributed by atoms with E-state index in [4.69, 9.17) is 0 Å². The number of nitrogens with one attached hydrogen (secondary N) is 3. The van der Waals surface area contributed by atoms with Crippen molar-refractivity contribution in [2.45, 2.75) is 6.92 Å². The van der Waals surface area contributed by atoms with Gasteiger partial charge in [0.05, 0.1) is 6.54 Å². The maximum absolute atomic E-state index is 11.9. The molecule has 0 unspecified atom stereocenters. The van der Waals surface area contributed by atoms with Gasteiger partial charge in [0.15, 0.2) is 0 Å². The predicted octanol–water partition coefficient (Wildman–Crippen LogP) is 0.548. The van der Waals surface area contributed by atoms with Gasteiger partial charge in [-0.25, -0.2) is 4.79 Å². The van der Waals surface area contributed by atoms with Crippen LogP contribution in [0.1, 0.15) is 5.56 Å². The van der Waals surface area contributed by atoms with Gasteiger partial charge in [-0.05, 0) is 24.6 Å². The lowest BCUT2D eigenvalue weighted by molar-refractivity contribution is -0.130. The Morgan fingerprint density at radius 1 is 1.30 bits per heavy atom. The number of rotatable bonds is 3. The summed E-state index contributed by atoms with van der Waals surface area (Å²) < 4.78 is 0. The van der Waals surface area contributed by atoms with Crippen LogP contribution in [0.2, 0.25) is 0 Å². The van der Waals surface area contributed by atoms with Crippen molar-refractivity contribution in [3.8, 4) is 0 Å². The number of hydrogen-bond acceptors (Lipinski definition) is 3. The number of amides is 3. The molecule has 0 atom stereocenters. The Kier molecular flexibility index (Phi) is 4.95. The number of piperazine rings is 1. The lowest BCUT2D eigenvalue weighted by Crippen LogP contribution is -2.49. The van der Waals surface area contributed by atoms with E-state index in [1.807, 2.05) is 31.2 Å². The third kappa shape index (κ3) is 4.24. The highest BCUT2D eigenvalue weighted by atomic mass is 16.2. The molecule has 0 aromatic heterocycles. The van der Waals surface area contributed by atoms with Crippen molar-refractivity contribution in [2.75, 3.05) is 38.0 Å². The van der Waals surface area contributed by atoms with E-state index in [0.717, 1.165) is 24.3 Å². The highest BCUT2D eigenvalue weighted by molar-refractivity contribution is 5.92. The molecule has 6 nitrogen and oxygen atoms in total. The highest BCUT2D eigenvalue weighted by Gasteiger charge is 2.16. The minimum absolute atomic E-state index is 0.0254. The van der Waals surface area contributed by atoms with Gasteiger partial charge in [-0.3, -0.25) is 4.79 Å². The normalized spacial score (nSPS) is 14.8. The van der Waals surface area contributed by atoms with Crippen molar-refractivity contribution in [3.63, 3.8) is 0 Å². The first-order valence-corrected chi connectivity index (χ1v) is 6.75. The molecule has 0 bridgehead atoms. The molecule has 0 radical (unpaired) electrons. The predicted molar refractivity (Wildman–Crippen MR) is 77.7 cm³/mol. The monoisotopic (exact) mass is 276 g/mol. The van der Waals surface area contributed by atoms with Crippen LogP contribution in [0.5, 0.6) is 0 Å². The van der Waals surface area contributed by atoms with Gasteiger partial charge in [-0.15, -0.1) is 0 Å². The molecule has 20 heavy (non-hydrogen) atoms. The quantitative estimate of drug-likeness (QED) is 0.755. The second-order valence-corrected chi connectivity index (χ2v) is 4.81. The summed E-state index contributed by atoms with van der Waals surface area (Å²) in [6.45, 7) is 4.98. The number of benzene rings is 1.